The minimum Gasteiger partial charge on any atom is -0.335 e. The monoisotopic (exact) mass is 290 g/mol. The third kappa shape index (κ3) is 4.25. The highest BCUT2D eigenvalue weighted by molar-refractivity contribution is 5.86. The van der Waals surface area contributed by atoms with Gasteiger partial charge in [-0.05, 0) is 52.0 Å². The van der Waals surface area contributed by atoms with Crippen molar-refractivity contribution in [1.82, 2.24) is 20.1 Å². The Balaban J connectivity index is 2.09. The molecule has 1 unspecified atom stereocenters. The second kappa shape index (κ2) is 7.00. The van der Waals surface area contributed by atoms with Crippen LogP contribution in [0.15, 0.2) is 24.5 Å². The molecule has 1 N–H and O–H groups in total. The van der Waals surface area contributed by atoms with Crippen LogP contribution < -0.4 is 5.32 Å². The van der Waals surface area contributed by atoms with Crippen LogP contribution in [0.5, 0.6) is 0 Å². The van der Waals surface area contributed by atoms with Gasteiger partial charge in [0, 0.05) is 32.0 Å². The molecule has 0 spiro atoms. The second-order valence-electron chi connectivity index (χ2n) is 6.25. The van der Waals surface area contributed by atoms with Crippen LogP contribution in [-0.2, 0) is 11.3 Å². The fourth-order valence-corrected chi connectivity index (χ4v) is 2.71. The van der Waals surface area contributed by atoms with Crippen molar-refractivity contribution in [3.8, 4) is 0 Å². The zero-order valence-electron chi connectivity index (χ0n) is 13.3. The van der Waals surface area contributed by atoms with Crippen molar-refractivity contribution >= 4 is 5.91 Å². The van der Waals surface area contributed by atoms with Gasteiger partial charge in [-0.2, -0.15) is 0 Å². The van der Waals surface area contributed by atoms with Crippen LogP contribution in [0.2, 0.25) is 0 Å². The summed E-state index contributed by atoms with van der Waals surface area (Å²) in [7, 11) is 4.06. The number of rotatable bonds is 6. The van der Waals surface area contributed by atoms with Crippen LogP contribution >= 0.6 is 0 Å². The standard InChI is InChI=1S/C16H26N4O/c1-16(7-5-9-18-16)15(21)20(11-10-19(2)3)13-14-6-4-8-17-12-14/h4,6,8,12,18H,5,7,9-11,13H2,1-3H3. The molecule has 1 aromatic rings. The lowest BCUT2D eigenvalue weighted by Gasteiger charge is -2.32. The third-order valence-electron chi connectivity index (χ3n) is 4.04. The molecule has 1 atom stereocenters. The van der Waals surface area contributed by atoms with E-state index in [1.165, 1.54) is 0 Å². The number of nitrogens with one attached hydrogen (secondary N) is 1. The minimum atomic E-state index is -0.408. The maximum atomic E-state index is 12.9. The molecule has 1 saturated heterocycles. The summed E-state index contributed by atoms with van der Waals surface area (Å²) in [5.41, 5.74) is 0.667. The Morgan fingerprint density at radius 3 is 2.81 bits per heavy atom. The predicted molar refractivity (Wildman–Crippen MR) is 83.8 cm³/mol. The summed E-state index contributed by atoms with van der Waals surface area (Å²) in [4.78, 5) is 21.1. The quantitative estimate of drug-likeness (QED) is 0.853. The zero-order chi connectivity index (χ0) is 15.3. The van der Waals surface area contributed by atoms with Gasteiger partial charge in [0.1, 0.15) is 0 Å². The van der Waals surface area contributed by atoms with Crippen LogP contribution in [0.4, 0.5) is 0 Å². The maximum absolute atomic E-state index is 12.9. The molecule has 0 aliphatic carbocycles. The van der Waals surface area contributed by atoms with Gasteiger partial charge in [-0.15, -0.1) is 0 Å². The fraction of sp³-hybridized carbons (Fsp3) is 0.625. The number of aromatic nitrogens is 1. The van der Waals surface area contributed by atoms with Crippen molar-refractivity contribution in [1.29, 1.82) is 0 Å². The van der Waals surface area contributed by atoms with E-state index >= 15 is 0 Å². The number of amides is 1. The SMILES string of the molecule is CN(C)CCN(Cc1cccnc1)C(=O)C1(C)CCCN1. The van der Waals surface area contributed by atoms with E-state index in [0.717, 1.165) is 38.0 Å². The molecule has 0 bridgehead atoms. The molecule has 2 heterocycles. The van der Waals surface area contributed by atoms with Gasteiger partial charge in [-0.3, -0.25) is 9.78 Å². The van der Waals surface area contributed by atoms with Crippen LogP contribution in [0.3, 0.4) is 0 Å². The van der Waals surface area contributed by atoms with E-state index in [-0.39, 0.29) is 5.91 Å². The van der Waals surface area contributed by atoms with E-state index in [2.05, 4.69) is 15.2 Å². The lowest BCUT2D eigenvalue weighted by atomic mass is 9.98. The molecule has 5 nitrogen and oxygen atoms in total. The van der Waals surface area contributed by atoms with E-state index in [9.17, 15) is 4.79 Å². The van der Waals surface area contributed by atoms with Crippen LogP contribution in [0, 0.1) is 0 Å². The molecule has 116 valence electrons. The Labute approximate surface area is 127 Å². The first-order valence-corrected chi connectivity index (χ1v) is 7.59. The molecule has 2 rings (SSSR count). The summed E-state index contributed by atoms with van der Waals surface area (Å²) < 4.78 is 0. The number of hydrogen-bond donors (Lipinski definition) is 1. The molecule has 5 heteroatoms. The first-order chi connectivity index (χ1) is 10.0. The van der Waals surface area contributed by atoms with Gasteiger partial charge in [0.05, 0.1) is 5.54 Å². The van der Waals surface area contributed by atoms with Crippen LogP contribution in [-0.4, -0.2) is 60.0 Å². The van der Waals surface area contributed by atoms with Crippen molar-refractivity contribution in [3.05, 3.63) is 30.1 Å². The summed E-state index contributed by atoms with van der Waals surface area (Å²) >= 11 is 0. The average molecular weight is 290 g/mol. The molecule has 1 aromatic heterocycles. The van der Waals surface area contributed by atoms with Gasteiger partial charge >= 0.3 is 0 Å². The number of hydrogen-bond acceptors (Lipinski definition) is 4. The third-order valence-corrected chi connectivity index (χ3v) is 4.04. The maximum Gasteiger partial charge on any atom is 0.242 e. The van der Waals surface area contributed by atoms with Crippen molar-refractivity contribution < 1.29 is 4.79 Å². The number of carbonyl (C=O) groups is 1. The number of likely N-dealkylation sites (N-methyl/N-ethyl adjacent to an activating group) is 1. The van der Waals surface area contributed by atoms with Gasteiger partial charge in [0.2, 0.25) is 5.91 Å². The topological polar surface area (TPSA) is 48.5 Å². The number of carbonyl (C=O) groups excluding carboxylic acids is 1. The van der Waals surface area contributed by atoms with E-state index in [1.54, 1.807) is 6.20 Å². The first-order valence-electron chi connectivity index (χ1n) is 7.59. The summed E-state index contributed by atoms with van der Waals surface area (Å²) in [5.74, 6) is 0.200. The van der Waals surface area contributed by atoms with Crippen molar-refractivity contribution in [2.75, 3.05) is 33.7 Å². The van der Waals surface area contributed by atoms with Gasteiger partial charge < -0.3 is 15.1 Å². The number of pyridine rings is 1. The molecule has 1 aliphatic heterocycles. The summed E-state index contributed by atoms with van der Waals surface area (Å²) in [6, 6.07) is 3.94. The van der Waals surface area contributed by atoms with Gasteiger partial charge in [0.25, 0.3) is 0 Å². The molecule has 1 amide bonds. The second-order valence-corrected chi connectivity index (χ2v) is 6.25. The normalized spacial score (nSPS) is 21.7. The van der Waals surface area contributed by atoms with Gasteiger partial charge in [-0.1, -0.05) is 6.07 Å². The highest BCUT2D eigenvalue weighted by Crippen LogP contribution is 2.22. The van der Waals surface area contributed by atoms with E-state index < -0.39 is 5.54 Å². The molecular formula is C16H26N4O. The molecule has 0 saturated carbocycles. The lowest BCUT2D eigenvalue weighted by Crippen LogP contribution is -2.53. The molecule has 21 heavy (non-hydrogen) atoms. The summed E-state index contributed by atoms with van der Waals surface area (Å²) in [5, 5.41) is 3.37. The van der Waals surface area contributed by atoms with E-state index in [1.807, 2.05) is 44.2 Å². The Kier molecular flexibility index (Phi) is 5.31. The Hall–Kier alpha value is -1.46. The highest BCUT2D eigenvalue weighted by atomic mass is 16.2. The Morgan fingerprint density at radius 2 is 2.24 bits per heavy atom. The Morgan fingerprint density at radius 1 is 1.43 bits per heavy atom. The lowest BCUT2D eigenvalue weighted by molar-refractivity contribution is -0.138. The predicted octanol–water partition coefficient (Wildman–Crippen LogP) is 1.11. The van der Waals surface area contributed by atoms with E-state index in [0.29, 0.717) is 6.54 Å². The van der Waals surface area contributed by atoms with Crippen molar-refractivity contribution in [3.63, 3.8) is 0 Å². The Bertz CT molecular complexity index is 455. The minimum absolute atomic E-state index is 0.200. The molecule has 1 fully saturated rings. The molecule has 0 aromatic carbocycles. The van der Waals surface area contributed by atoms with E-state index in [4.69, 9.17) is 0 Å². The number of nitrogens with zero attached hydrogens (tertiary/aromatic N) is 3. The summed E-state index contributed by atoms with van der Waals surface area (Å²) in [6.45, 7) is 5.17. The smallest absolute Gasteiger partial charge is 0.242 e. The van der Waals surface area contributed by atoms with Gasteiger partial charge in [0.15, 0.2) is 0 Å². The first kappa shape index (κ1) is 15.9. The van der Waals surface area contributed by atoms with Crippen LogP contribution in [0.25, 0.3) is 0 Å². The van der Waals surface area contributed by atoms with Crippen molar-refractivity contribution in [2.45, 2.75) is 31.8 Å². The largest absolute Gasteiger partial charge is 0.335 e. The highest BCUT2D eigenvalue weighted by Gasteiger charge is 2.38. The summed E-state index contributed by atoms with van der Waals surface area (Å²) in [6.07, 6.45) is 5.57. The van der Waals surface area contributed by atoms with Crippen LogP contribution in [0.1, 0.15) is 25.3 Å². The van der Waals surface area contributed by atoms with Gasteiger partial charge in [-0.25, -0.2) is 0 Å². The van der Waals surface area contributed by atoms with Crippen molar-refractivity contribution in [2.24, 2.45) is 0 Å². The molecular weight excluding hydrogens is 264 g/mol. The molecule has 1 aliphatic rings. The average Bonchev–Trinajstić information content (AvgIpc) is 2.92. The molecule has 0 radical (unpaired) electrons. The zero-order valence-corrected chi connectivity index (χ0v) is 13.3. The fourth-order valence-electron chi connectivity index (χ4n) is 2.71.